The SMILES string of the molecule is Cc1nc(CCN)n(C)c1Cc1ccccc1Br. The van der Waals surface area contributed by atoms with Crippen molar-refractivity contribution in [2.45, 2.75) is 19.8 Å². The van der Waals surface area contributed by atoms with E-state index in [4.69, 9.17) is 5.73 Å². The molecule has 3 nitrogen and oxygen atoms in total. The Balaban J connectivity index is 2.32. The van der Waals surface area contributed by atoms with Gasteiger partial charge in [-0.05, 0) is 25.1 Å². The molecule has 2 aromatic rings. The van der Waals surface area contributed by atoms with E-state index in [9.17, 15) is 0 Å². The van der Waals surface area contributed by atoms with Crippen molar-refractivity contribution in [1.82, 2.24) is 9.55 Å². The second kappa shape index (κ2) is 5.67. The number of halogens is 1. The number of nitrogens with two attached hydrogens (primary N) is 1. The van der Waals surface area contributed by atoms with Gasteiger partial charge in [-0.25, -0.2) is 4.98 Å². The lowest BCUT2D eigenvalue weighted by molar-refractivity contribution is 0.749. The summed E-state index contributed by atoms with van der Waals surface area (Å²) in [7, 11) is 2.07. The largest absolute Gasteiger partial charge is 0.334 e. The van der Waals surface area contributed by atoms with Crippen LogP contribution >= 0.6 is 15.9 Å². The molecule has 0 aliphatic carbocycles. The van der Waals surface area contributed by atoms with Gasteiger partial charge in [-0.2, -0.15) is 0 Å². The maximum Gasteiger partial charge on any atom is 0.110 e. The zero-order chi connectivity index (χ0) is 13.1. The minimum atomic E-state index is 0.638. The molecule has 0 saturated heterocycles. The monoisotopic (exact) mass is 307 g/mol. The lowest BCUT2D eigenvalue weighted by Crippen LogP contribution is -2.09. The Hall–Kier alpha value is -1.13. The van der Waals surface area contributed by atoms with Crippen LogP contribution in [0, 0.1) is 6.92 Å². The van der Waals surface area contributed by atoms with Crippen LogP contribution in [0.25, 0.3) is 0 Å². The molecule has 0 bridgehead atoms. The highest BCUT2D eigenvalue weighted by molar-refractivity contribution is 9.10. The first-order valence-corrected chi connectivity index (χ1v) is 6.87. The summed E-state index contributed by atoms with van der Waals surface area (Å²) in [5, 5.41) is 0. The Morgan fingerprint density at radius 3 is 2.72 bits per heavy atom. The first-order valence-electron chi connectivity index (χ1n) is 6.08. The van der Waals surface area contributed by atoms with Crippen LogP contribution in [0.4, 0.5) is 0 Å². The molecule has 18 heavy (non-hydrogen) atoms. The summed E-state index contributed by atoms with van der Waals surface area (Å²) >= 11 is 3.59. The molecule has 0 radical (unpaired) electrons. The molecule has 0 fully saturated rings. The number of aryl methyl sites for hydroxylation is 1. The van der Waals surface area contributed by atoms with Gasteiger partial charge in [0.1, 0.15) is 5.82 Å². The van der Waals surface area contributed by atoms with Crippen LogP contribution < -0.4 is 5.73 Å². The molecular formula is C14H18BrN3. The Bertz CT molecular complexity index is 546. The number of imidazole rings is 1. The summed E-state index contributed by atoms with van der Waals surface area (Å²) < 4.78 is 3.31. The second-order valence-corrected chi connectivity index (χ2v) is 5.28. The lowest BCUT2D eigenvalue weighted by atomic mass is 10.1. The summed E-state index contributed by atoms with van der Waals surface area (Å²) in [5.41, 5.74) is 9.23. The highest BCUT2D eigenvalue weighted by Gasteiger charge is 2.12. The number of nitrogens with zero attached hydrogens (tertiary/aromatic N) is 2. The van der Waals surface area contributed by atoms with Gasteiger partial charge in [0.15, 0.2) is 0 Å². The third-order valence-corrected chi connectivity index (χ3v) is 3.96. The van der Waals surface area contributed by atoms with E-state index >= 15 is 0 Å². The smallest absolute Gasteiger partial charge is 0.110 e. The highest BCUT2D eigenvalue weighted by atomic mass is 79.9. The van der Waals surface area contributed by atoms with Crippen molar-refractivity contribution in [3.05, 3.63) is 51.5 Å². The molecule has 2 rings (SSSR count). The van der Waals surface area contributed by atoms with E-state index in [0.29, 0.717) is 6.54 Å². The predicted octanol–water partition coefficient (Wildman–Crippen LogP) is 2.58. The molecule has 1 heterocycles. The molecule has 0 aliphatic rings. The van der Waals surface area contributed by atoms with Gasteiger partial charge in [-0.3, -0.25) is 0 Å². The second-order valence-electron chi connectivity index (χ2n) is 4.43. The van der Waals surface area contributed by atoms with Crippen LogP contribution in [0.15, 0.2) is 28.7 Å². The van der Waals surface area contributed by atoms with Gasteiger partial charge in [-0.1, -0.05) is 34.1 Å². The summed E-state index contributed by atoms with van der Waals surface area (Å²) in [6, 6.07) is 8.30. The van der Waals surface area contributed by atoms with Crippen LogP contribution in [0.2, 0.25) is 0 Å². The standard InChI is InChI=1S/C14H18BrN3/c1-10-13(18(2)14(17-10)7-8-16)9-11-5-3-4-6-12(11)15/h3-6H,7-9,16H2,1-2H3. The molecule has 0 saturated carbocycles. The van der Waals surface area contributed by atoms with Crippen molar-refractivity contribution in [2.75, 3.05) is 6.54 Å². The Morgan fingerprint density at radius 1 is 1.33 bits per heavy atom. The van der Waals surface area contributed by atoms with Crippen molar-refractivity contribution < 1.29 is 0 Å². The Morgan fingerprint density at radius 2 is 2.06 bits per heavy atom. The summed E-state index contributed by atoms with van der Waals surface area (Å²) in [4.78, 5) is 4.59. The first-order chi connectivity index (χ1) is 8.63. The van der Waals surface area contributed by atoms with E-state index in [1.165, 1.54) is 11.3 Å². The Kier molecular flexibility index (Phi) is 4.19. The fourth-order valence-corrected chi connectivity index (χ4v) is 2.58. The van der Waals surface area contributed by atoms with Crippen LogP contribution in [0.1, 0.15) is 22.8 Å². The van der Waals surface area contributed by atoms with Crippen molar-refractivity contribution >= 4 is 15.9 Å². The molecule has 1 aromatic heterocycles. The maximum absolute atomic E-state index is 5.60. The van der Waals surface area contributed by atoms with Crippen LogP contribution in [-0.2, 0) is 19.9 Å². The summed E-state index contributed by atoms with van der Waals surface area (Å²) in [6.45, 7) is 2.70. The molecule has 0 atom stereocenters. The molecule has 0 unspecified atom stereocenters. The average Bonchev–Trinajstić information content (AvgIpc) is 2.60. The van der Waals surface area contributed by atoms with Crippen molar-refractivity contribution in [1.29, 1.82) is 0 Å². The zero-order valence-corrected chi connectivity index (χ0v) is 12.4. The number of aromatic nitrogens is 2. The number of rotatable bonds is 4. The topological polar surface area (TPSA) is 43.8 Å². The van der Waals surface area contributed by atoms with Gasteiger partial charge in [0.2, 0.25) is 0 Å². The van der Waals surface area contributed by atoms with Gasteiger partial charge >= 0.3 is 0 Å². The third-order valence-electron chi connectivity index (χ3n) is 3.19. The molecule has 0 amide bonds. The predicted molar refractivity (Wildman–Crippen MR) is 77.7 cm³/mol. The van der Waals surface area contributed by atoms with Gasteiger partial charge in [0, 0.05) is 30.1 Å². The fourth-order valence-electron chi connectivity index (χ4n) is 2.15. The van der Waals surface area contributed by atoms with Gasteiger partial charge in [0.05, 0.1) is 5.69 Å². The quantitative estimate of drug-likeness (QED) is 0.943. The summed E-state index contributed by atoms with van der Waals surface area (Å²) in [6.07, 6.45) is 1.72. The maximum atomic E-state index is 5.60. The van der Waals surface area contributed by atoms with Gasteiger partial charge in [-0.15, -0.1) is 0 Å². The van der Waals surface area contributed by atoms with E-state index in [1.54, 1.807) is 0 Å². The van der Waals surface area contributed by atoms with Crippen molar-refractivity contribution in [2.24, 2.45) is 12.8 Å². The average molecular weight is 308 g/mol. The van der Waals surface area contributed by atoms with E-state index in [1.807, 2.05) is 6.07 Å². The number of benzene rings is 1. The first kappa shape index (κ1) is 13.3. The minimum absolute atomic E-state index is 0.638. The third kappa shape index (κ3) is 2.65. The molecule has 1 aromatic carbocycles. The molecule has 2 N–H and O–H groups in total. The number of hydrogen-bond acceptors (Lipinski definition) is 2. The van der Waals surface area contributed by atoms with Crippen LogP contribution in [0.3, 0.4) is 0 Å². The van der Waals surface area contributed by atoms with Gasteiger partial charge in [0.25, 0.3) is 0 Å². The molecule has 0 aliphatic heterocycles. The normalized spacial score (nSPS) is 10.9. The number of hydrogen-bond donors (Lipinski definition) is 1. The van der Waals surface area contributed by atoms with Crippen molar-refractivity contribution in [3.63, 3.8) is 0 Å². The minimum Gasteiger partial charge on any atom is -0.334 e. The summed E-state index contributed by atoms with van der Waals surface area (Å²) in [5.74, 6) is 1.07. The van der Waals surface area contributed by atoms with E-state index < -0.39 is 0 Å². The van der Waals surface area contributed by atoms with Crippen LogP contribution in [0.5, 0.6) is 0 Å². The molecule has 96 valence electrons. The van der Waals surface area contributed by atoms with E-state index in [2.05, 4.69) is 57.7 Å². The Labute approximate surface area is 116 Å². The van der Waals surface area contributed by atoms with E-state index in [0.717, 1.165) is 28.8 Å². The molecular weight excluding hydrogens is 290 g/mol. The van der Waals surface area contributed by atoms with Crippen molar-refractivity contribution in [3.8, 4) is 0 Å². The van der Waals surface area contributed by atoms with E-state index in [-0.39, 0.29) is 0 Å². The van der Waals surface area contributed by atoms with Crippen LogP contribution in [-0.4, -0.2) is 16.1 Å². The molecule has 0 spiro atoms. The fraction of sp³-hybridized carbons (Fsp3) is 0.357. The highest BCUT2D eigenvalue weighted by Crippen LogP contribution is 2.21. The molecule has 4 heteroatoms. The van der Waals surface area contributed by atoms with Gasteiger partial charge < -0.3 is 10.3 Å². The zero-order valence-electron chi connectivity index (χ0n) is 10.8. The lowest BCUT2D eigenvalue weighted by Gasteiger charge is -2.08.